The average molecular weight is 251 g/mol. The Morgan fingerprint density at radius 3 is 2.67 bits per heavy atom. The van der Waals surface area contributed by atoms with Crippen molar-refractivity contribution in [1.82, 2.24) is 15.3 Å². The van der Waals surface area contributed by atoms with Crippen LogP contribution in [0.4, 0.5) is 8.78 Å². The fraction of sp³-hybridized carbons (Fsp3) is 0.308. The molecule has 1 heterocycles. The van der Waals surface area contributed by atoms with Gasteiger partial charge in [0, 0.05) is 24.0 Å². The highest BCUT2D eigenvalue weighted by atomic mass is 19.2. The van der Waals surface area contributed by atoms with Gasteiger partial charge < -0.3 is 10.3 Å². The largest absolute Gasteiger partial charge is 0.347 e. The number of nitrogens with zero attached hydrogens (tertiary/aromatic N) is 1. The van der Waals surface area contributed by atoms with Crippen LogP contribution in [0.1, 0.15) is 25.1 Å². The number of aromatic nitrogens is 2. The molecule has 0 bridgehead atoms. The van der Waals surface area contributed by atoms with E-state index in [1.54, 1.807) is 18.6 Å². The van der Waals surface area contributed by atoms with Gasteiger partial charge in [0.05, 0.1) is 6.33 Å². The van der Waals surface area contributed by atoms with E-state index in [4.69, 9.17) is 0 Å². The third kappa shape index (κ3) is 2.73. The lowest BCUT2D eigenvalue weighted by Gasteiger charge is -2.27. The topological polar surface area (TPSA) is 40.7 Å². The number of H-pyrrole nitrogens is 1. The summed E-state index contributed by atoms with van der Waals surface area (Å²) in [5.41, 5.74) is 1.17. The Bertz CT molecular complexity index is 521. The van der Waals surface area contributed by atoms with Crippen LogP contribution < -0.4 is 5.32 Å². The van der Waals surface area contributed by atoms with Crippen LogP contribution in [0.5, 0.6) is 0 Å². The van der Waals surface area contributed by atoms with Crippen LogP contribution in [0.3, 0.4) is 0 Å². The summed E-state index contributed by atoms with van der Waals surface area (Å²) in [6.45, 7) is 4.40. The smallest absolute Gasteiger partial charge is 0.159 e. The van der Waals surface area contributed by atoms with Gasteiger partial charge in [-0.3, -0.25) is 0 Å². The maximum Gasteiger partial charge on any atom is 0.159 e. The zero-order valence-corrected chi connectivity index (χ0v) is 10.3. The summed E-state index contributed by atoms with van der Waals surface area (Å²) in [4.78, 5) is 6.89. The highest BCUT2D eigenvalue weighted by Crippen LogP contribution is 2.22. The standard InChI is InChI=1S/C13H15F2N3/c1-13(2,18-7-10-6-16-8-17-10)9-3-4-11(14)12(15)5-9/h3-6,8,18H,7H2,1-2H3,(H,16,17). The molecule has 3 nitrogen and oxygen atoms in total. The van der Waals surface area contributed by atoms with Gasteiger partial charge in [-0.05, 0) is 31.5 Å². The summed E-state index contributed by atoms with van der Waals surface area (Å²) in [5, 5.41) is 3.26. The van der Waals surface area contributed by atoms with Crippen molar-refractivity contribution >= 4 is 0 Å². The average Bonchev–Trinajstić information content (AvgIpc) is 2.83. The van der Waals surface area contributed by atoms with E-state index < -0.39 is 17.2 Å². The van der Waals surface area contributed by atoms with Crippen LogP contribution in [0.25, 0.3) is 0 Å². The number of aromatic amines is 1. The van der Waals surface area contributed by atoms with Crippen molar-refractivity contribution in [3.63, 3.8) is 0 Å². The Balaban J connectivity index is 2.11. The summed E-state index contributed by atoms with van der Waals surface area (Å²) < 4.78 is 26.1. The summed E-state index contributed by atoms with van der Waals surface area (Å²) in [6.07, 6.45) is 3.32. The van der Waals surface area contributed by atoms with Crippen molar-refractivity contribution in [3.8, 4) is 0 Å². The predicted octanol–water partition coefficient (Wildman–Crippen LogP) is 2.71. The molecule has 0 saturated heterocycles. The van der Waals surface area contributed by atoms with Gasteiger partial charge >= 0.3 is 0 Å². The fourth-order valence-electron chi connectivity index (χ4n) is 1.68. The highest BCUT2D eigenvalue weighted by molar-refractivity contribution is 5.24. The Kier molecular flexibility index (Phi) is 3.43. The Labute approximate surface area is 104 Å². The summed E-state index contributed by atoms with van der Waals surface area (Å²) in [7, 11) is 0. The van der Waals surface area contributed by atoms with Crippen molar-refractivity contribution in [2.45, 2.75) is 25.9 Å². The molecule has 0 saturated carbocycles. The number of hydrogen-bond donors (Lipinski definition) is 2. The molecule has 18 heavy (non-hydrogen) atoms. The SMILES string of the molecule is CC(C)(NCc1cnc[nH]1)c1ccc(F)c(F)c1. The minimum atomic E-state index is -0.830. The molecule has 2 aromatic rings. The van der Waals surface area contributed by atoms with E-state index in [9.17, 15) is 8.78 Å². The van der Waals surface area contributed by atoms with Crippen molar-refractivity contribution in [3.05, 3.63) is 53.6 Å². The predicted molar refractivity (Wildman–Crippen MR) is 64.8 cm³/mol. The van der Waals surface area contributed by atoms with E-state index in [0.717, 1.165) is 11.8 Å². The van der Waals surface area contributed by atoms with Crippen LogP contribution in [-0.2, 0) is 12.1 Å². The van der Waals surface area contributed by atoms with Gasteiger partial charge in [0.15, 0.2) is 11.6 Å². The molecular weight excluding hydrogens is 236 g/mol. The third-order valence-electron chi connectivity index (χ3n) is 2.92. The first kappa shape index (κ1) is 12.7. The number of halogens is 2. The highest BCUT2D eigenvalue weighted by Gasteiger charge is 2.21. The molecule has 96 valence electrons. The van der Waals surface area contributed by atoms with E-state index in [-0.39, 0.29) is 0 Å². The molecule has 0 aliphatic heterocycles. The molecule has 1 aromatic heterocycles. The van der Waals surface area contributed by atoms with Crippen molar-refractivity contribution < 1.29 is 8.78 Å². The van der Waals surface area contributed by atoms with Crippen molar-refractivity contribution in [1.29, 1.82) is 0 Å². The molecule has 0 fully saturated rings. The number of hydrogen-bond acceptors (Lipinski definition) is 2. The number of benzene rings is 1. The summed E-state index contributed by atoms with van der Waals surface area (Å²) in [5.74, 6) is -1.66. The normalized spacial score (nSPS) is 11.8. The molecule has 0 aliphatic rings. The van der Waals surface area contributed by atoms with E-state index in [1.165, 1.54) is 6.07 Å². The number of rotatable bonds is 4. The van der Waals surface area contributed by atoms with Crippen molar-refractivity contribution in [2.75, 3.05) is 0 Å². The molecule has 0 atom stereocenters. The maximum atomic E-state index is 13.2. The first-order valence-electron chi connectivity index (χ1n) is 5.67. The molecule has 0 spiro atoms. The molecule has 0 radical (unpaired) electrons. The van der Waals surface area contributed by atoms with Crippen LogP contribution in [0.2, 0.25) is 0 Å². The summed E-state index contributed by atoms with van der Waals surface area (Å²) in [6, 6.07) is 3.94. The van der Waals surface area contributed by atoms with Crippen molar-refractivity contribution in [2.24, 2.45) is 0 Å². The fourth-order valence-corrected chi connectivity index (χ4v) is 1.68. The second-order valence-corrected chi connectivity index (χ2v) is 4.68. The molecule has 5 heteroatoms. The molecule has 1 aromatic carbocycles. The quantitative estimate of drug-likeness (QED) is 0.877. The van der Waals surface area contributed by atoms with Gasteiger partial charge in [0.2, 0.25) is 0 Å². The molecule has 0 unspecified atom stereocenters. The van der Waals surface area contributed by atoms with Crippen LogP contribution in [0.15, 0.2) is 30.7 Å². The molecule has 2 N–H and O–H groups in total. The zero-order chi connectivity index (χ0) is 13.2. The Morgan fingerprint density at radius 1 is 1.28 bits per heavy atom. The maximum absolute atomic E-state index is 13.2. The zero-order valence-electron chi connectivity index (χ0n) is 10.3. The van der Waals surface area contributed by atoms with E-state index in [1.807, 2.05) is 13.8 Å². The first-order chi connectivity index (χ1) is 8.49. The van der Waals surface area contributed by atoms with E-state index in [2.05, 4.69) is 15.3 Å². The second-order valence-electron chi connectivity index (χ2n) is 4.68. The minimum Gasteiger partial charge on any atom is -0.347 e. The number of nitrogens with one attached hydrogen (secondary N) is 2. The van der Waals surface area contributed by atoms with Gasteiger partial charge in [0.25, 0.3) is 0 Å². The van der Waals surface area contributed by atoms with E-state index in [0.29, 0.717) is 12.1 Å². The lowest BCUT2D eigenvalue weighted by Crippen LogP contribution is -2.36. The Morgan fingerprint density at radius 2 is 2.06 bits per heavy atom. The van der Waals surface area contributed by atoms with Gasteiger partial charge in [0.1, 0.15) is 0 Å². The number of imidazole rings is 1. The Hall–Kier alpha value is -1.75. The molecular formula is C13H15F2N3. The van der Waals surface area contributed by atoms with Gasteiger partial charge in [-0.2, -0.15) is 0 Å². The second kappa shape index (κ2) is 4.86. The molecule has 2 rings (SSSR count). The first-order valence-corrected chi connectivity index (χ1v) is 5.67. The summed E-state index contributed by atoms with van der Waals surface area (Å²) >= 11 is 0. The van der Waals surface area contributed by atoms with Gasteiger partial charge in [-0.15, -0.1) is 0 Å². The van der Waals surface area contributed by atoms with Gasteiger partial charge in [-0.25, -0.2) is 13.8 Å². The van der Waals surface area contributed by atoms with Gasteiger partial charge in [-0.1, -0.05) is 6.07 Å². The van der Waals surface area contributed by atoms with Crippen LogP contribution in [0, 0.1) is 11.6 Å². The minimum absolute atomic E-state index is 0.459. The monoisotopic (exact) mass is 251 g/mol. The van der Waals surface area contributed by atoms with Crippen LogP contribution in [-0.4, -0.2) is 9.97 Å². The molecule has 0 amide bonds. The van der Waals surface area contributed by atoms with Crippen LogP contribution >= 0.6 is 0 Å². The third-order valence-corrected chi connectivity index (χ3v) is 2.92. The van der Waals surface area contributed by atoms with E-state index >= 15 is 0 Å². The lowest BCUT2D eigenvalue weighted by atomic mass is 9.94. The molecule has 0 aliphatic carbocycles. The lowest BCUT2D eigenvalue weighted by molar-refractivity contribution is 0.394.